The number of benzene rings is 2. The maximum absolute atomic E-state index is 12.6. The minimum absolute atomic E-state index is 0.107. The molecule has 1 unspecified atom stereocenters. The summed E-state index contributed by atoms with van der Waals surface area (Å²) >= 11 is 0. The van der Waals surface area contributed by atoms with Crippen molar-refractivity contribution in [1.29, 1.82) is 0 Å². The molecule has 0 radical (unpaired) electrons. The Morgan fingerprint density at radius 3 is 2.46 bits per heavy atom. The Bertz CT molecular complexity index is 832. The normalized spacial score (nSPS) is 11.2. The molecule has 1 atom stereocenters. The average molecular weight is 381 g/mol. The van der Waals surface area contributed by atoms with Crippen LogP contribution < -0.4 is 10.1 Å². The van der Waals surface area contributed by atoms with E-state index in [1.54, 1.807) is 55.5 Å². The van der Waals surface area contributed by atoms with Gasteiger partial charge in [0.2, 0.25) is 5.91 Å². The highest BCUT2D eigenvalue weighted by atomic mass is 16.5. The predicted molar refractivity (Wildman–Crippen MR) is 105 cm³/mol. The van der Waals surface area contributed by atoms with Crippen molar-refractivity contribution in [1.82, 2.24) is 5.32 Å². The van der Waals surface area contributed by atoms with Crippen molar-refractivity contribution in [3.8, 4) is 5.75 Å². The second kappa shape index (κ2) is 10.7. The number of ether oxygens (including phenoxy) is 2. The van der Waals surface area contributed by atoms with Crippen LogP contribution in [0.2, 0.25) is 0 Å². The smallest absolute Gasteiger partial charge is 0.330 e. The molecule has 0 aliphatic carbocycles. The van der Waals surface area contributed by atoms with Crippen molar-refractivity contribution in [2.75, 3.05) is 13.2 Å². The highest BCUT2D eigenvalue weighted by Gasteiger charge is 2.14. The second-order valence-electron chi connectivity index (χ2n) is 6.05. The molecule has 1 amide bonds. The van der Waals surface area contributed by atoms with E-state index >= 15 is 0 Å². The fourth-order valence-electron chi connectivity index (χ4n) is 2.41. The first-order chi connectivity index (χ1) is 13.5. The van der Waals surface area contributed by atoms with Crippen molar-refractivity contribution >= 4 is 17.7 Å². The Morgan fingerprint density at radius 1 is 1.07 bits per heavy atom. The number of para-hydroxylation sites is 1. The van der Waals surface area contributed by atoms with E-state index in [-0.39, 0.29) is 31.3 Å². The van der Waals surface area contributed by atoms with Crippen LogP contribution in [-0.2, 0) is 14.3 Å². The molecule has 0 aliphatic rings. The molecule has 2 aromatic carbocycles. The zero-order valence-electron chi connectivity index (χ0n) is 15.7. The molecule has 6 heteroatoms. The van der Waals surface area contributed by atoms with Gasteiger partial charge in [0.15, 0.2) is 5.78 Å². The lowest BCUT2D eigenvalue weighted by atomic mass is 10.0. The predicted octanol–water partition coefficient (Wildman–Crippen LogP) is 2.92. The third kappa shape index (κ3) is 6.39. The molecule has 28 heavy (non-hydrogen) atoms. The van der Waals surface area contributed by atoms with Gasteiger partial charge in [-0.25, -0.2) is 4.79 Å². The van der Waals surface area contributed by atoms with Gasteiger partial charge in [-0.2, -0.15) is 0 Å². The molecule has 2 rings (SSSR count). The highest BCUT2D eigenvalue weighted by Crippen LogP contribution is 2.21. The maximum atomic E-state index is 12.6. The monoisotopic (exact) mass is 381 g/mol. The summed E-state index contributed by atoms with van der Waals surface area (Å²) in [7, 11) is 0. The third-order valence-corrected chi connectivity index (χ3v) is 3.83. The van der Waals surface area contributed by atoms with Gasteiger partial charge in [0.05, 0.1) is 25.1 Å². The number of nitrogens with one attached hydrogen (secondary N) is 1. The maximum Gasteiger partial charge on any atom is 0.330 e. The van der Waals surface area contributed by atoms with Crippen molar-refractivity contribution in [2.24, 2.45) is 0 Å². The fourth-order valence-corrected chi connectivity index (χ4v) is 2.41. The van der Waals surface area contributed by atoms with Gasteiger partial charge < -0.3 is 14.8 Å². The van der Waals surface area contributed by atoms with Gasteiger partial charge in [-0.3, -0.25) is 9.59 Å². The zero-order valence-corrected chi connectivity index (χ0v) is 15.7. The van der Waals surface area contributed by atoms with Gasteiger partial charge in [0.1, 0.15) is 11.9 Å². The topological polar surface area (TPSA) is 81.7 Å². The number of hydrogen-bond acceptors (Lipinski definition) is 5. The van der Waals surface area contributed by atoms with Gasteiger partial charge >= 0.3 is 5.97 Å². The SMILES string of the molecule is C=CC(=O)OC(C)CNC(=O)CCOc1ccccc1C(=O)c1ccccc1. The van der Waals surface area contributed by atoms with Crippen molar-refractivity contribution in [2.45, 2.75) is 19.4 Å². The molecule has 6 nitrogen and oxygen atoms in total. The van der Waals surface area contributed by atoms with E-state index in [2.05, 4.69) is 11.9 Å². The van der Waals surface area contributed by atoms with Gasteiger partial charge in [0, 0.05) is 11.6 Å². The summed E-state index contributed by atoms with van der Waals surface area (Å²) < 4.78 is 10.6. The molecular weight excluding hydrogens is 358 g/mol. The van der Waals surface area contributed by atoms with Gasteiger partial charge in [-0.1, -0.05) is 49.0 Å². The molecule has 0 bridgehead atoms. The van der Waals surface area contributed by atoms with Crippen LogP contribution >= 0.6 is 0 Å². The first-order valence-electron chi connectivity index (χ1n) is 8.92. The molecule has 0 spiro atoms. The summed E-state index contributed by atoms with van der Waals surface area (Å²) in [5.74, 6) is -0.492. The fraction of sp³-hybridized carbons (Fsp3) is 0.227. The number of amides is 1. The minimum atomic E-state index is -0.537. The highest BCUT2D eigenvalue weighted by molar-refractivity contribution is 6.10. The Balaban J connectivity index is 1.85. The molecular formula is C22H23NO5. The molecule has 0 heterocycles. The van der Waals surface area contributed by atoms with E-state index in [1.165, 1.54) is 0 Å². The van der Waals surface area contributed by atoms with Crippen LogP contribution in [-0.4, -0.2) is 36.9 Å². The molecule has 0 saturated carbocycles. The van der Waals surface area contributed by atoms with E-state index in [9.17, 15) is 14.4 Å². The van der Waals surface area contributed by atoms with Crippen LogP contribution in [0.5, 0.6) is 5.75 Å². The van der Waals surface area contributed by atoms with Gasteiger partial charge in [0.25, 0.3) is 0 Å². The van der Waals surface area contributed by atoms with Crippen molar-refractivity contribution in [3.05, 3.63) is 78.4 Å². The molecule has 146 valence electrons. The minimum Gasteiger partial charge on any atom is -0.492 e. The summed E-state index contributed by atoms with van der Waals surface area (Å²) in [4.78, 5) is 35.6. The van der Waals surface area contributed by atoms with E-state index in [0.29, 0.717) is 16.9 Å². The first-order valence-corrected chi connectivity index (χ1v) is 8.92. The largest absolute Gasteiger partial charge is 0.492 e. The standard InChI is InChI=1S/C22H23NO5/c1-3-21(25)28-16(2)15-23-20(24)13-14-27-19-12-8-7-11-18(19)22(26)17-9-5-4-6-10-17/h3-12,16H,1,13-15H2,2H3,(H,23,24). The molecule has 0 aliphatic heterocycles. The van der Waals surface area contributed by atoms with Gasteiger partial charge in [-0.05, 0) is 19.1 Å². The lowest BCUT2D eigenvalue weighted by Gasteiger charge is -2.13. The van der Waals surface area contributed by atoms with Crippen molar-refractivity contribution < 1.29 is 23.9 Å². The molecule has 0 saturated heterocycles. The summed E-state index contributed by atoms with van der Waals surface area (Å²) in [6.45, 7) is 5.30. The second-order valence-corrected chi connectivity index (χ2v) is 6.05. The molecule has 2 aromatic rings. The van der Waals surface area contributed by atoms with E-state index in [4.69, 9.17) is 9.47 Å². The number of esters is 1. The van der Waals surface area contributed by atoms with Crippen LogP contribution in [0, 0.1) is 0 Å². The Labute approximate surface area is 164 Å². The lowest BCUT2D eigenvalue weighted by Crippen LogP contribution is -2.33. The van der Waals surface area contributed by atoms with Crippen LogP contribution in [0.25, 0.3) is 0 Å². The van der Waals surface area contributed by atoms with Crippen LogP contribution in [0.3, 0.4) is 0 Å². The van der Waals surface area contributed by atoms with Crippen molar-refractivity contribution in [3.63, 3.8) is 0 Å². The summed E-state index contributed by atoms with van der Waals surface area (Å²) in [6, 6.07) is 15.9. The number of carbonyl (C=O) groups is 3. The zero-order chi connectivity index (χ0) is 20.4. The molecule has 0 aromatic heterocycles. The Hall–Kier alpha value is -3.41. The average Bonchev–Trinajstić information content (AvgIpc) is 2.72. The van der Waals surface area contributed by atoms with E-state index < -0.39 is 12.1 Å². The van der Waals surface area contributed by atoms with Crippen LogP contribution in [0.4, 0.5) is 0 Å². The third-order valence-electron chi connectivity index (χ3n) is 3.83. The Morgan fingerprint density at radius 2 is 1.75 bits per heavy atom. The molecule has 1 N–H and O–H groups in total. The van der Waals surface area contributed by atoms with Crippen LogP contribution in [0.1, 0.15) is 29.3 Å². The summed E-state index contributed by atoms with van der Waals surface area (Å²) in [6.07, 6.45) is 0.718. The summed E-state index contributed by atoms with van der Waals surface area (Å²) in [5.41, 5.74) is 1.01. The number of hydrogen-bond donors (Lipinski definition) is 1. The van der Waals surface area contributed by atoms with E-state index in [0.717, 1.165) is 6.08 Å². The number of carbonyl (C=O) groups excluding carboxylic acids is 3. The number of ketones is 1. The lowest BCUT2D eigenvalue weighted by molar-refractivity contribution is -0.142. The quantitative estimate of drug-likeness (QED) is 0.389. The van der Waals surface area contributed by atoms with E-state index in [1.807, 2.05) is 6.07 Å². The summed E-state index contributed by atoms with van der Waals surface area (Å²) in [5, 5.41) is 2.66. The van der Waals surface area contributed by atoms with Crippen LogP contribution in [0.15, 0.2) is 67.3 Å². The Kier molecular flexibility index (Phi) is 7.96. The molecule has 0 fully saturated rings. The van der Waals surface area contributed by atoms with Gasteiger partial charge in [-0.15, -0.1) is 0 Å². The first kappa shape index (κ1) is 20.9. The number of rotatable bonds is 10.